The lowest BCUT2D eigenvalue weighted by Crippen LogP contribution is -2.61. The first-order valence-electron chi connectivity index (χ1n) is 27.1. The molecule has 1 aliphatic rings. The Morgan fingerprint density at radius 3 is 1.60 bits per heavy atom. The van der Waals surface area contributed by atoms with Crippen LogP contribution in [-0.4, -0.2) is 99.6 Å². The van der Waals surface area contributed by atoms with E-state index in [1.54, 1.807) is 6.08 Å². The quantitative estimate of drug-likeness (QED) is 0.0196. The maximum absolute atomic E-state index is 13.3. The van der Waals surface area contributed by atoms with Crippen molar-refractivity contribution in [1.82, 2.24) is 5.32 Å². The second-order valence-electron chi connectivity index (χ2n) is 18.5. The Bertz CT molecular complexity index is 1320. The largest absolute Gasteiger partial charge is 0.454 e. The summed E-state index contributed by atoms with van der Waals surface area (Å²) >= 11 is 0. The number of unbranched alkanes of at least 4 members (excludes halogenated alkanes) is 22. The van der Waals surface area contributed by atoms with Gasteiger partial charge in [-0.1, -0.05) is 197 Å². The first-order valence-corrected chi connectivity index (χ1v) is 27.1. The molecule has 11 heteroatoms. The first-order chi connectivity index (χ1) is 32.7. The van der Waals surface area contributed by atoms with Crippen LogP contribution in [0.2, 0.25) is 0 Å². The van der Waals surface area contributed by atoms with Gasteiger partial charge in [-0.2, -0.15) is 0 Å². The predicted octanol–water partition coefficient (Wildman–Crippen LogP) is 11.5. The minimum Gasteiger partial charge on any atom is -0.454 e. The highest BCUT2D eigenvalue weighted by atomic mass is 16.7. The standard InChI is InChI=1S/C56H99NO10/c1-4-7-10-13-16-19-22-24-26-29-32-35-38-41-44-51(61)67-54-53(63)52(62)50(45-58)66-56(54)65-46-47(48(59)42-39-36-33-30-27-21-18-15-12-9-6-3)57-55(64)49(60)43-40-37-34-31-28-25-23-20-17-14-11-8-5-2/h7-8,10-11,16-17,19-20,39,42,47-50,52-54,56,58-60,62-63H,4-6,9,12-15,18,21-38,40-41,43-46H2,1-3H3,(H,57,64)/b10-7+,11-8+,19-16+,20-17+,42-39+. The van der Waals surface area contributed by atoms with Crippen molar-refractivity contribution < 1.29 is 49.3 Å². The molecule has 8 atom stereocenters. The van der Waals surface area contributed by atoms with E-state index in [9.17, 15) is 35.1 Å². The fourth-order valence-corrected chi connectivity index (χ4v) is 8.14. The van der Waals surface area contributed by atoms with Crippen LogP contribution in [0.1, 0.15) is 220 Å². The fraction of sp³-hybridized carbons (Fsp3) is 0.786. The van der Waals surface area contributed by atoms with Crippen LogP contribution in [0.4, 0.5) is 0 Å². The van der Waals surface area contributed by atoms with Gasteiger partial charge in [0.05, 0.1) is 25.4 Å². The average molecular weight is 946 g/mol. The highest BCUT2D eigenvalue weighted by molar-refractivity contribution is 5.80. The molecule has 11 nitrogen and oxygen atoms in total. The van der Waals surface area contributed by atoms with E-state index in [4.69, 9.17) is 14.2 Å². The van der Waals surface area contributed by atoms with E-state index < -0.39 is 67.4 Å². The van der Waals surface area contributed by atoms with Crippen LogP contribution in [0.15, 0.2) is 60.8 Å². The monoisotopic (exact) mass is 946 g/mol. The number of rotatable bonds is 44. The van der Waals surface area contributed by atoms with Crippen molar-refractivity contribution in [2.24, 2.45) is 0 Å². The molecule has 1 aliphatic heterocycles. The number of hydrogen-bond acceptors (Lipinski definition) is 10. The number of carbonyl (C=O) groups excluding carboxylic acids is 2. The molecule has 1 saturated heterocycles. The minimum absolute atomic E-state index is 0.112. The molecule has 0 aromatic carbocycles. The van der Waals surface area contributed by atoms with Gasteiger partial charge in [0.1, 0.15) is 24.4 Å². The van der Waals surface area contributed by atoms with Crippen molar-refractivity contribution in [2.75, 3.05) is 13.2 Å². The highest BCUT2D eigenvalue weighted by Gasteiger charge is 2.47. The number of amides is 1. The first kappa shape index (κ1) is 62.4. The van der Waals surface area contributed by atoms with E-state index in [1.807, 2.05) is 6.08 Å². The number of aliphatic hydroxyl groups excluding tert-OH is 5. The summed E-state index contributed by atoms with van der Waals surface area (Å²) in [4.78, 5) is 26.4. The number of hydrogen-bond donors (Lipinski definition) is 6. The fourth-order valence-electron chi connectivity index (χ4n) is 8.14. The average Bonchev–Trinajstić information content (AvgIpc) is 3.32. The molecule has 388 valence electrons. The van der Waals surface area contributed by atoms with Crippen molar-refractivity contribution in [3.05, 3.63) is 60.8 Å². The van der Waals surface area contributed by atoms with Gasteiger partial charge in [0.25, 0.3) is 0 Å². The maximum atomic E-state index is 13.3. The van der Waals surface area contributed by atoms with Gasteiger partial charge in [0, 0.05) is 6.42 Å². The molecule has 67 heavy (non-hydrogen) atoms. The van der Waals surface area contributed by atoms with E-state index in [1.165, 1.54) is 57.8 Å². The van der Waals surface area contributed by atoms with Gasteiger partial charge < -0.3 is 45.1 Å². The van der Waals surface area contributed by atoms with Crippen LogP contribution in [0, 0.1) is 0 Å². The molecule has 0 spiro atoms. The summed E-state index contributed by atoms with van der Waals surface area (Å²) in [6.07, 6.45) is 42.7. The van der Waals surface area contributed by atoms with E-state index in [0.717, 1.165) is 116 Å². The third kappa shape index (κ3) is 33.5. The normalized spacial score (nSPS) is 20.5. The molecule has 0 bridgehead atoms. The number of carbonyl (C=O) groups is 2. The number of esters is 1. The molecular formula is C56H99NO10. The molecule has 8 unspecified atom stereocenters. The molecule has 0 aliphatic carbocycles. The Kier molecular flexibility index (Phi) is 41.5. The van der Waals surface area contributed by atoms with E-state index in [2.05, 4.69) is 74.7 Å². The number of nitrogens with one attached hydrogen (secondary N) is 1. The van der Waals surface area contributed by atoms with Crippen molar-refractivity contribution in [1.29, 1.82) is 0 Å². The van der Waals surface area contributed by atoms with Crippen molar-refractivity contribution >= 4 is 11.9 Å². The summed E-state index contributed by atoms with van der Waals surface area (Å²) in [6, 6.07) is -1.03. The van der Waals surface area contributed by atoms with Crippen LogP contribution in [0.25, 0.3) is 0 Å². The summed E-state index contributed by atoms with van der Waals surface area (Å²) in [5.41, 5.74) is 0. The minimum atomic E-state index is -1.62. The summed E-state index contributed by atoms with van der Waals surface area (Å²) in [6.45, 7) is 5.53. The van der Waals surface area contributed by atoms with Gasteiger partial charge >= 0.3 is 5.97 Å². The van der Waals surface area contributed by atoms with Crippen LogP contribution >= 0.6 is 0 Å². The Morgan fingerprint density at radius 1 is 0.597 bits per heavy atom. The molecule has 1 fully saturated rings. The zero-order valence-corrected chi connectivity index (χ0v) is 42.5. The Balaban J connectivity index is 2.76. The van der Waals surface area contributed by atoms with Crippen LogP contribution in [0.5, 0.6) is 0 Å². The topological polar surface area (TPSA) is 175 Å². The second kappa shape index (κ2) is 44.6. The van der Waals surface area contributed by atoms with Crippen LogP contribution < -0.4 is 5.32 Å². The van der Waals surface area contributed by atoms with E-state index in [0.29, 0.717) is 12.8 Å². The molecule has 0 aromatic heterocycles. The third-order valence-electron chi connectivity index (χ3n) is 12.4. The summed E-state index contributed by atoms with van der Waals surface area (Å²) in [5, 5.41) is 56.6. The molecule has 1 rings (SSSR count). The summed E-state index contributed by atoms with van der Waals surface area (Å²) in [7, 11) is 0. The Morgan fingerprint density at radius 2 is 1.07 bits per heavy atom. The van der Waals surface area contributed by atoms with E-state index >= 15 is 0 Å². The lowest BCUT2D eigenvalue weighted by atomic mass is 9.99. The molecule has 1 amide bonds. The van der Waals surface area contributed by atoms with Crippen molar-refractivity contribution in [2.45, 2.75) is 269 Å². The Hall–Kier alpha value is -2.64. The number of allylic oxidation sites excluding steroid dienone is 9. The second-order valence-corrected chi connectivity index (χ2v) is 18.5. The third-order valence-corrected chi connectivity index (χ3v) is 12.4. The van der Waals surface area contributed by atoms with Gasteiger partial charge in [0.15, 0.2) is 12.4 Å². The smallest absolute Gasteiger partial charge is 0.306 e. The van der Waals surface area contributed by atoms with Crippen LogP contribution in [-0.2, 0) is 23.8 Å². The van der Waals surface area contributed by atoms with Crippen LogP contribution in [0.3, 0.4) is 0 Å². The van der Waals surface area contributed by atoms with Gasteiger partial charge in [-0.05, 0) is 77.0 Å². The molecule has 0 saturated carbocycles. The SMILES string of the molecule is CC/C=C/C/C=C/CCCCCCCCCC(=O)OC1C(OCC(NC(=O)C(O)CCCCCCCC/C=C/C/C=C/CC)C(O)/C=C/CCCCCCCCCCC)OC(CO)C(O)C1O. The summed E-state index contributed by atoms with van der Waals surface area (Å²) in [5.74, 6) is -1.22. The lowest BCUT2D eigenvalue weighted by molar-refractivity contribution is -0.305. The molecular weight excluding hydrogens is 847 g/mol. The number of aliphatic hydroxyl groups is 5. The number of ether oxygens (including phenoxy) is 3. The molecule has 1 heterocycles. The van der Waals surface area contributed by atoms with Crippen molar-refractivity contribution in [3.8, 4) is 0 Å². The highest BCUT2D eigenvalue weighted by Crippen LogP contribution is 2.26. The lowest BCUT2D eigenvalue weighted by Gasteiger charge is -2.41. The zero-order valence-electron chi connectivity index (χ0n) is 42.5. The molecule has 0 radical (unpaired) electrons. The molecule has 0 aromatic rings. The van der Waals surface area contributed by atoms with Crippen molar-refractivity contribution in [3.63, 3.8) is 0 Å². The van der Waals surface area contributed by atoms with Gasteiger partial charge in [-0.15, -0.1) is 0 Å². The summed E-state index contributed by atoms with van der Waals surface area (Å²) < 4.78 is 17.5. The Labute approximate surface area is 408 Å². The van der Waals surface area contributed by atoms with Gasteiger partial charge in [0.2, 0.25) is 5.91 Å². The van der Waals surface area contributed by atoms with E-state index in [-0.39, 0.29) is 19.4 Å². The molecule has 6 N–H and O–H groups in total. The van der Waals surface area contributed by atoms with Gasteiger partial charge in [-0.3, -0.25) is 9.59 Å². The predicted molar refractivity (Wildman–Crippen MR) is 273 cm³/mol. The van der Waals surface area contributed by atoms with Gasteiger partial charge in [-0.25, -0.2) is 0 Å². The maximum Gasteiger partial charge on any atom is 0.306 e. The zero-order chi connectivity index (χ0) is 49.0.